The highest BCUT2D eigenvalue weighted by Crippen LogP contribution is 2.38. The van der Waals surface area contributed by atoms with Gasteiger partial charge in [0.15, 0.2) is 0 Å². The van der Waals surface area contributed by atoms with Gasteiger partial charge in [-0.2, -0.15) is 0 Å². The molecule has 24 heteroatoms. The van der Waals surface area contributed by atoms with E-state index < -0.39 is 73.2 Å². The van der Waals surface area contributed by atoms with Crippen molar-refractivity contribution >= 4 is 17.9 Å². The van der Waals surface area contributed by atoms with Crippen molar-refractivity contribution in [2.45, 2.75) is 271 Å². The fourth-order valence-electron chi connectivity index (χ4n) is 15.6. The van der Waals surface area contributed by atoms with Gasteiger partial charge in [0.25, 0.3) is 0 Å². The van der Waals surface area contributed by atoms with Crippen LogP contribution in [0.25, 0.3) is 6.08 Å². The molecule has 588 valence electrons. The monoisotopic (exact) mass is 1440 g/mol. The summed E-state index contributed by atoms with van der Waals surface area (Å²) < 4.78 is 0. The Morgan fingerprint density at radius 1 is 0.390 bits per heavy atom. The maximum Gasteiger partial charge on any atom is 0.244 e. The lowest BCUT2D eigenvalue weighted by atomic mass is 9.85. The normalized spacial score (nSPS) is 37.2. The minimum atomic E-state index is -0.921. The molecule has 8 aliphatic carbocycles. The van der Waals surface area contributed by atoms with E-state index in [1.807, 2.05) is 65.8 Å². The van der Waals surface area contributed by atoms with Gasteiger partial charge in [0.1, 0.15) is 0 Å². The quantitative estimate of drug-likeness (QED) is 0.0586. The molecule has 0 aromatic heterocycles. The molecule has 1 aromatic carbocycles. The minimum absolute atomic E-state index is 0. The molecule has 0 heterocycles. The first-order chi connectivity index (χ1) is 46.7. The lowest BCUT2D eigenvalue weighted by molar-refractivity contribution is -0.121. The van der Waals surface area contributed by atoms with Gasteiger partial charge in [0.2, 0.25) is 11.8 Å². The van der Waals surface area contributed by atoms with E-state index in [0.717, 1.165) is 94.1 Å². The Bertz CT molecular complexity index is 2100. The Kier molecular flexibility index (Phi) is 48.1. The Labute approximate surface area is 598 Å². The van der Waals surface area contributed by atoms with Crippen LogP contribution in [0.1, 0.15) is 195 Å². The average molecular weight is 1440 g/mol. The number of unbranched alkanes of at least 4 members (excludes halogenated alkanes) is 1. The lowest BCUT2D eigenvalue weighted by Crippen LogP contribution is -2.35. The number of amides is 2. The predicted molar refractivity (Wildman–Crippen MR) is 385 cm³/mol. The molecule has 0 bridgehead atoms. The number of benzene rings is 1. The van der Waals surface area contributed by atoms with Crippen molar-refractivity contribution in [3.63, 3.8) is 0 Å². The molecule has 0 unspecified atom stereocenters. The van der Waals surface area contributed by atoms with Gasteiger partial charge in [-0.3, -0.25) is 9.59 Å². The summed E-state index contributed by atoms with van der Waals surface area (Å²) >= 11 is 0. The summed E-state index contributed by atoms with van der Waals surface area (Å²) in [5.41, 5.74) is 2.10. The fraction of sp³-hybridized carbons (Fsp3) is 0.868. The summed E-state index contributed by atoms with van der Waals surface area (Å²) in [6.07, 6.45) is 14.2. The summed E-state index contributed by atoms with van der Waals surface area (Å²) in [5.74, 6) is 0.431. The highest BCUT2D eigenvalue weighted by Gasteiger charge is 2.45. The Hall–Kier alpha value is -2.90. The summed E-state index contributed by atoms with van der Waals surface area (Å²) in [4.78, 5) is 23.7. The van der Waals surface area contributed by atoms with Gasteiger partial charge >= 0.3 is 0 Å². The van der Waals surface area contributed by atoms with Gasteiger partial charge in [0, 0.05) is 125 Å². The van der Waals surface area contributed by atoms with E-state index in [1.165, 1.54) is 44.6 Å². The Morgan fingerprint density at radius 2 is 0.700 bits per heavy atom. The standard InChI is InChI=1S/C18H33NO4.C17H23NO4.4C8H16O3.C7H14O2.2CH4/c20-12-15-10-14(17(22)18(15)23)11-19-16(21)9-5-4-8-13-6-2-1-3-7-13;1-11-2-4-12(5-3-11)6-7-15(20)18-9-13-8-14(10-19)17(22)16(13)21;4*1-2-5-3-6(4-9)8(11)7(5)10;1-5-2-3-6(4-8)7(5)9;;/h13-15,17-18,20,22-23H,1-12H2,(H,19,21);2-7,13-14,16-17,19,21-22H,8-10H2,1H3,(H,18,20);4*5-11H,2-4H2,1H3;5-9H,2-4H2,1H3;2*1H4/b;7-6+;;;;;;;/t14-,15-,17-,18+;13-,14-,16-,17+;2*5-,6+,7+,8-;5-,6-,7+,8-;5-,6-,7-,8+;5-,6-,7-;;/m1100011../s1. The highest BCUT2D eigenvalue weighted by atomic mass is 16.4. The molecule has 0 saturated heterocycles. The van der Waals surface area contributed by atoms with E-state index in [0.29, 0.717) is 31.7 Å². The molecule has 8 aliphatic rings. The Balaban J connectivity index is 0.000000600. The zero-order valence-electron chi connectivity index (χ0n) is 59.6. The van der Waals surface area contributed by atoms with Crippen LogP contribution in [0.2, 0.25) is 0 Å². The lowest BCUT2D eigenvalue weighted by Gasteiger charge is -2.21. The number of aliphatic hydroxyl groups is 20. The maximum absolute atomic E-state index is 11.9. The van der Waals surface area contributed by atoms with Crippen LogP contribution < -0.4 is 10.6 Å². The number of rotatable bonds is 22. The van der Waals surface area contributed by atoms with Crippen LogP contribution in [0, 0.1) is 95.7 Å². The summed E-state index contributed by atoms with van der Waals surface area (Å²) in [7, 11) is 0. The number of hydrogen-bond donors (Lipinski definition) is 22. The SMILES string of the molecule is C.C.CC[C@@H]1C[C@H](CO)[C@H](O)[C@@H]1O.CC[C@H]1C[C@@H](CO)[C@H](O)[C@@H]1O.CC[C@H]1C[C@H](CO)[C@H](O)[C@@H]1O.CC[C@H]1C[C@H](CO)[C@H](O)[C@@H]1O.C[C@@H]1CC[C@H](CO)[C@@H]1O.Cc1ccc(/C=C/C(=O)NC[C@H]2C[C@H](CO)[C@H](O)[C@@H]2O)cc1.O=C(CCCCC1CCCCC1)NC[C@H]1C[C@H](CO)[C@H](O)[C@@H]1O. The van der Waals surface area contributed by atoms with Crippen LogP contribution in [0.3, 0.4) is 0 Å². The fourth-order valence-corrected chi connectivity index (χ4v) is 15.6. The van der Waals surface area contributed by atoms with Crippen LogP contribution in [-0.4, -0.2) is 253 Å². The van der Waals surface area contributed by atoms with E-state index >= 15 is 0 Å². The predicted octanol–water partition coefficient (Wildman–Crippen LogP) is 2.71. The summed E-state index contributed by atoms with van der Waals surface area (Å²) in [6.45, 7) is 12.4. The second-order valence-corrected chi connectivity index (χ2v) is 29.7. The number of nitrogens with one attached hydrogen (secondary N) is 2. The number of carbonyl (C=O) groups is 2. The molecule has 0 radical (unpaired) electrons. The second kappa shape index (κ2) is 50.6. The summed E-state index contributed by atoms with van der Waals surface area (Å²) in [5, 5.41) is 191. The van der Waals surface area contributed by atoms with E-state index in [9.17, 15) is 76.0 Å². The third-order valence-corrected chi connectivity index (χ3v) is 22.9. The van der Waals surface area contributed by atoms with Crippen molar-refractivity contribution in [1.29, 1.82) is 0 Å². The smallest absolute Gasteiger partial charge is 0.244 e. The molecule has 2 amide bonds. The molecular formula is C76H142N2O22. The van der Waals surface area contributed by atoms with E-state index in [-0.39, 0.29) is 162 Å². The van der Waals surface area contributed by atoms with Gasteiger partial charge in [0.05, 0.1) is 79.4 Å². The number of aliphatic hydroxyl groups excluding tert-OH is 20. The van der Waals surface area contributed by atoms with Crippen molar-refractivity contribution in [2.75, 3.05) is 59.3 Å². The highest BCUT2D eigenvalue weighted by molar-refractivity contribution is 5.91. The van der Waals surface area contributed by atoms with Crippen LogP contribution in [0.5, 0.6) is 0 Å². The molecule has 22 N–H and O–H groups in total. The zero-order valence-corrected chi connectivity index (χ0v) is 59.6. The molecular weight excluding hydrogens is 1290 g/mol. The van der Waals surface area contributed by atoms with Crippen molar-refractivity contribution in [1.82, 2.24) is 10.6 Å². The van der Waals surface area contributed by atoms with Gasteiger partial charge in [-0.25, -0.2) is 0 Å². The van der Waals surface area contributed by atoms with Crippen LogP contribution >= 0.6 is 0 Å². The van der Waals surface area contributed by atoms with Crippen LogP contribution in [0.4, 0.5) is 0 Å². The molecule has 24 nitrogen and oxygen atoms in total. The van der Waals surface area contributed by atoms with Crippen molar-refractivity contribution < 1.29 is 112 Å². The molecule has 27 atom stereocenters. The number of carbonyl (C=O) groups excluding carboxylic acids is 2. The van der Waals surface area contributed by atoms with Crippen molar-refractivity contribution in [2.24, 2.45) is 88.8 Å². The van der Waals surface area contributed by atoms with Gasteiger partial charge in [-0.05, 0) is 112 Å². The summed E-state index contributed by atoms with van der Waals surface area (Å²) in [6, 6.07) is 7.82. The van der Waals surface area contributed by atoms with Gasteiger partial charge in [-0.15, -0.1) is 0 Å². The van der Waals surface area contributed by atoms with Crippen molar-refractivity contribution in [3.8, 4) is 0 Å². The molecule has 0 aliphatic heterocycles. The molecule has 9 rings (SSSR count). The molecule has 100 heavy (non-hydrogen) atoms. The van der Waals surface area contributed by atoms with E-state index in [2.05, 4.69) is 10.6 Å². The molecule has 1 aromatic rings. The zero-order chi connectivity index (χ0) is 73.3. The first-order valence-corrected chi connectivity index (χ1v) is 37.1. The number of aryl methyl sites for hydroxylation is 1. The van der Waals surface area contributed by atoms with Crippen LogP contribution in [-0.2, 0) is 9.59 Å². The van der Waals surface area contributed by atoms with E-state index in [4.69, 9.17) is 35.7 Å². The topological polar surface area (TPSA) is 463 Å². The van der Waals surface area contributed by atoms with Crippen LogP contribution in [0.15, 0.2) is 30.3 Å². The van der Waals surface area contributed by atoms with Crippen molar-refractivity contribution in [3.05, 3.63) is 41.5 Å². The largest absolute Gasteiger partial charge is 0.396 e. The van der Waals surface area contributed by atoms with Gasteiger partial charge in [-0.1, -0.05) is 150 Å². The van der Waals surface area contributed by atoms with Gasteiger partial charge < -0.3 is 113 Å². The molecule has 0 spiro atoms. The maximum atomic E-state index is 11.9. The minimum Gasteiger partial charge on any atom is -0.396 e. The molecule has 8 saturated carbocycles. The third kappa shape index (κ3) is 29.8. The first-order valence-electron chi connectivity index (χ1n) is 37.1. The number of hydrogen-bond acceptors (Lipinski definition) is 22. The molecule has 8 fully saturated rings. The second-order valence-electron chi connectivity index (χ2n) is 29.7. The Morgan fingerprint density at radius 3 is 0.980 bits per heavy atom. The average Bonchev–Trinajstić information content (AvgIpc) is 1.72. The van der Waals surface area contributed by atoms with E-state index in [1.54, 1.807) is 6.08 Å². The first kappa shape index (κ1) is 95.1. The third-order valence-electron chi connectivity index (χ3n) is 22.9.